The second-order valence-corrected chi connectivity index (χ2v) is 6.05. The number of halogens is 1. The van der Waals surface area contributed by atoms with E-state index in [1.807, 2.05) is 43.5 Å². The lowest BCUT2D eigenvalue weighted by molar-refractivity contribution is 0.0947. The molecule has 2 aromatic rings. The summed E-state index contributed by atoms with van der Waals surface area (Å²) in [6.45, 7) is 2.86. The van der Waals surface area contributed by atoms with Crippen LogP contribution in [0.15, 0.2) is 47.4 Å². The van der Waals surface area contributed by atoms with Gasteiger partial charge in [0, 0.05) is 4.90 Å². The van der Waals surface area contributed by atoms with Crippen molar-refractivity contribution in [2.24, 2.45) is 0 Å². The number of hydrogen-bond acceptors (Lipinski definition) is 3. The van der Waals surface area contributed by atoms with Crippen molar-refractivity contribution in [1.29, 1.82) is 0 Å². The summed E-state index contributed by atoms with van der Waals surface area (Å²) in [5.41, 5.74) is 1.67. The topological polar surface area (TPSA) is 38.3 Å². The van der Waals surface area contributed by atoms with Gasteiger partial charge in [0.2, 0.25) is 0 Å². The molecular formula is C17H18ClNO2S. The molecule has 0 spiro atoms. The zero-order chi connectivity index (χ0) is 15.9. The van der Waals surface area contributed by atoms with Gasteiger partial charge in [-0.15, -0.1) is 11.8 Å². The van der Waals surface area contributed by atoms with Gasteiger partial charge in [-0.3, -0.25) is 4.79 Å². The van der Waals surface area contributed by atoms with Crippen molar-refractivity contribution in [3.8, 4) is 5.75 Å². The Morgan fingerprint density at radius 1 is 1.23 bits per heavy atom. The number of nitrogens with one attached hydrogen (secondary N) is 1. The molecule has 0 radical (unpaired) electrons. The van der Waals surface area contributed by atoms with Crippen LogP contribution in [0.1, 0.15) is 15.9 Å². The molecule has 0 saturated carbocycles. The average Bonchev–Trinajstić information content (AvgIpc) is 2.53. The van der Waals surface area contributed by atoms with E-state index in [4.69, 9.17) is 16.3 Å². The van der Waals surface area contributed by atoms with Gasteiger partial charge >= 0.3 is 0 Å². The van der Waals surface area contributed by atoms with Crippen LogP contribution in [0.5, 0.6) is 5.75 Å². The average molecular weight is 336 g/mol. The fourth-order valence-electron chi connectivity index (χ4n) is 1.87. The number of amides is 1. The van der Waals surface area contributed by atoms with Gasteiger partial charge in [0.15, 0.2) is 0 Å². The molecule has 22 heavy (non-hydrogen) atoms. The van der Waals surface area contributed by atoms with Gasteiger partial charge in [0.05, 0.1) is 17.1 Å². The summed E-state index contributed by atoms with van der Waals surface area (Å²) < 4.78 is 5.57. The van der Waals surface area contributed by atoms with Gasteiger partial charge in [-0.2, -0.15) is 0 Å². The normalized spacial score (nSPS) is 10.3. The minimum Gasteiger partial charge on any atom is -0.492 e. The molecule has 0 aliphatic heterocycles. The Morgan fingerprint density at radius 2 is 1.95 bits per heavy atom. The standard InChI is InChI=1S/C17H18ClNO2S/c1-12-3-5-13(6-4-12)21-10-9-19-17(20)15-11-14(22-2)7-8-16(15)18/h3-8,11H,9-10H2,1-2H3,(H,19,20). The van der Waals surface area contributed by atoms with Gasteiger partial charge in [0.1, 0.15) is 12.4 Å². The molecule has 2 rings (SSSR count). The number of carbonyl (C=O) groups is 1. The first-order valence-electron chi connectivity index (χ1n) is 6.91. The number of hydrogen-bond donors (Lipinski definition) is 1. The van der Waals surface area contributed by atoms with Crippen molar-refractivity contribution in [3.63, 3.8) is 0 Å². The van der Waals surface area contributed by atoms with Gasteiger partial charge in [-0.1, -0.05) is 29.3 Å². The number of rotatable bonds is 6. The molecule has 0 atom stereocenters. The van der Waals surface area contributed by atoms with Crippen LogP contribution < -0.4 is 10.1 Å². The lowest BCUT2D eigenvalue weighted by atomic mass is 10.2. The van der Waals surface area contributed by atoms with Crippen LogP contribution in [-0.4, -0.2) is 25.3 Å². The minimum absolute atomic E-state index is 0.187. The van der Waals surface area contributed by atoms with E-state index in [9.17, 15) is 4.79 Å². The van der Waals surface area contributed by atoms with Crippen molar-refractivity contribution in [3.05, 3.63) is 58.6 Å². The van der Waals surface area contributed by atoms with Crippen LogP contribution in [0.4, 0.5) is 0 Å². The smallest absolute Gasteiger partial charge is 0.252 e. The van der Waals surface area contributed by atoms with Gasteiger partial charge in [-0.05, 0) is 43.5 Å². The van der Waals surface area contributed by atoms with Crippen LogP contribution in [0.25, 0.3) is 0 Å². The van der Waals surface area contributed by atoms with Crippen molar-refractivity contribution in [2.45, 2.75) is 11.8 Å². The predicted molar refractivity (Wildman–Crippen MR) is 92.2 cm³/mol. The Labute approximate surface area is 140 Å². The zero-order valence-electron chi connectivity index (χ0n) is 12.6. The number of carbonyl (C=O) groups excluding carboxylic acids is 1. The Balaban J connectivity index is 1.84. The predicted octanol–water partition coefficient (Wildman–Crippen LogP) is 4.18. The molecule has 116 valence electrons. The number of ether oxygens (including phenoxy) is 1. The fourth-order valence-corrected chi connectivity index (χ4v) is 2.51. The lowest BCUT2D eigenvalue weighted by Crippen LogP contribution is -2.28. The second kappa shape index (κ2) is 8.11. The van der Waals surface area contributed by atoms with Crippen molar-refractivity contribution < 1.29 is 9.53 Å². The van der Waals surface area contributed by atoms with E-state index in [1.165, 1.54) is 5.56 Å². The summed E-state index contributed by atoms with van der Waals surface area (Å²) in [5.74, 6) is 0.607. The molecule has 0 aliphatic rings. The molecule has 5 heteroatoms. The molecule has 0 unspecified atom stereocenters. The van der Waals surface area contributed by atoms with Gasteiger partial charge in [0.25, 0.3) is 5.91 Å². The summed E-state index contributed by atoms with van der Waals surface area (Å²) in [7, 11) is 0. The first-order valence-corrected chi connectivity index (χ1v) is 8.51. The monoisotopic (exact) mass is 335 g/mol. The van der Waals surface area contributed by atoms with Crippen LogP contribution in [-0.2, 0) is 0 Å². The molecular weight excluding hydrogens is 318 g/mol. The highest BCUT2D eigenvalue weighted by Gasteiger charge is 2.10. The molecule has 0 aliphatic carbocycles. The lowest BCUT2D eigenvalue weighted by Gasteiger charge is -2.09. The van der Waals surface area contributed by atoms with Crippen LogP contribution in [0, 0.1) is 6.92 Å². The summed E-state index contributed by atoms with van der Waals surface area (Å²) in [5, 5.41) is 3.27. The van der Waals surface area contributed by atoms with E-state index in [-0.39, 0.29) is 5.91 Å². The maximum atomic E-state index is 12.1. The number of aryl methyl sites for hydroxylation is 1. The summed E-state index contributed by atoms with van der Waals surface area (Å²) >= 11 is 7.64. The van der Waals surface area contributed by atoms with Crippen LogP contribution in [0.3, 0.4) is 0 Å². The molecule has 0 fully saturated rings. The maximum Gasteiger partial charge on any atom is 0.252 e. The third kappa shape index (κ3) is 4.68. The Hall–Kier alpha value is -1.65. The molecule has 0 bridgehead atoms. The zero-order valence-corrected chi connectivity index (χ0v) is 14.1. The highest BCUT2D eigenvalue weighted by molar-refractivity contribution is 7.98. The van der Waals surface area contributed by atoms with E-state index in [1.54, 1.807) is 23.9 Å². The van der Waals surface area contributed by atoms with E-state index in [0.29, 0.717) is 23.7 Å². The maximum absolute atomic E-state index is 12.1. The highest BCUT2D eigenvalue weighted by Crippen LogP contribution is 2.22. The molecule has 0 heterocycles. The number of benzene rings is 2. The second-order valence-electron chi connectivity index (χ2n) is 4.76. The summed E-state index contributed by atoms with van der Waals surface area (Å²) in [4.78, 5) is 13.1. The third-order valence-corrected chi connectivity index (χ3v) is 4.15. The number of thioether (sulfide) groups is 1. The first-order chi connectivity index (χ1) is 10.6. The highest BCUT2D eigenvalue weighted by atomic mass is 35.5. The molecule has 1 N–H and O–H groups in total. The van der Waals surface area contributed by atoms with E-state index < -0.39 is 0 Å². The van der Waals surface area contributed by atoms with Gasteiger partial charge < -0.3 is 10.1 Å². The Bertz CT molecular complexity index is 644. The largest absolute Gasteiger partial charge is 0.492 e. The van der Waals surface area contributed by atoms with Crippen LogP contribution >= 0.6 is 23.4 Å². The summed E-state index contributed by atoms with van der Waals surface area (Å²) in [6.07, 6.45) is 1.96. The minimum atomic E-state index is -0.187. The van der Waals surface area contributed by atoms with E-state index in [0.717, 1.165) is 10.6 Å². The quantitative estimate of drug-likeness (QED) is 0.635. The molecule has 3 nitrogen and oxygen atoms in total. The van der Waals surface area contributed by atoms with E-state index >= 15 is 0 Å². The fraction of sp³-hybridized carbons (Fsp3) is 0.235. The molecule has 2 aromatic carbocycles. The molecule has 0 saturated heterocycles. The van der Waals surface area contributed by atoms with E-state index in [2.05, 4.69) is 5.32 Å². The van der Waals surface area contributed by atoms with Crippen molar-refractivity contribution in [1.82, 2.24) is 5.32 Å². The van der Waals surface area contributed by atoms with Crippen molar-refractivity contribution >= 4 is 29.3 Å². The third-order valence-electron chi connectivity index (χ3n) is 3.10. The van der Waals surface area contributed by atoms with Crippen LogP contribution in [0.2, 0.25) is 5.02 Å². The Morgan fingerprint density at radius 3 is 2.64 bits per heavy atom. The van der Waals surface area contributed by atoms with Crippen molar-refractivity contribution in [2.75, 3.05) is 19.4 Å². The van der Waals surface area contributed by atoms with Gasteiger partial charge in [-0.25, -0.2) is 0 Å². The molecule has 0 aromatic heterocycles. The first kappa shape index (κ1) is 16.7. The molecule has 1 amide bonds. The Kier molecular flexibility index (Phi) is 6.16. The summed E-state index contributed by atoms with van der Waals surface area (Å²) in [6, 6.07) is 13.2. The SMILES string of the molecule is CSc1ccc(Cl)c(C(=O)NCCOc2ccc(C)cc2)c1.